The fraction of sp³-hybridized carbons (Fsp3) is 0.524. The quantitative estimate of drug-likeness (QED) is 0.526. The van der Waals surface area contributed by atoms with E-state index in [0.29, 0.717) is 47.7 Å². The van der Waals surface area contributed by atoms with Crippen LogP contribution in [-0.4, -0.2) is 57.8 Å². The van der Waals surface area contributed by atoms with Crippen molar-refractivity contribution in [2.75, 3.05) is 41.0 Å². The molecule has 1 amide bonds. The van der Waals surface area contributed by atoms with Gasteiger partial charge in [-0.1, -0.05) is 13.8 Å². The van der Waals surface area contributed by atoms with Crippen LogP contribution >= 0.6 is 0 Å². The van der Waals surface area contributed by atoms with Crippen molar-refractivity contribution < 1.29 is 28.5 Å². The second kappa shape index (κ2) is 10.0. The van der Waals surface area contributed by atoms with Crippen LogP contribution in [0.5, 0.6) is 17.2 Å². The number of carbonyl (C=O) groups is 2. The molecule has 1 saturated heterocycles. The number of amides is 1. The number of hydrogen-bond acceptors (Lipinski definition) is 6. The van der Waals surface area contributed by atoms with Crippen LogP contribution in [0.1, 0.15) is 25.8 Å². The van der Waals surface area contributed by atoms with Crippen LogP contribution in [-0.2, 0) is 14.3 Å². The number of esters is 1. The summed E-state index contributed by atoms with van der Waals surface area (Å²) < 4.78 is 20.9. The first-order chi connectivity index (χ1) is 13.4. The maximum absolute atomic E-state index is 12.3. The molecule has 2 rings (SSSR count). The highest BCUT2D eigenvalue weighted by Gasteiger charge is 2.25. The first-order valence-electron chi connectivity index (χ1n) is 9.30. The standard InChI is InChI=1S/C21H29NO6/c1-14-8-15(2)12-22(11-14)20(23)13-28-21(24)7-6-16-9-18(26-4)19(27-5)10-17(16)25-3/h6-7,9-10,14-15H,8,11-13H2,1-5H3/b7-6+/t14-,15-/m1/s1. The zero-order valence-corrected chi connectivity index (χ0v) is 17.2. The summed E-state index contributed by atoms with van der Waals surface area (Å²) in [6, 6.07) is 3.37. The molecule has 0 saturated carbocycles. The Bertz CT molecular complexity index is 720. The number of rotatable bonds is 7. The molecule has 1 heterocycles. The smallest absolute Gasteiger partial charge is 0.331 e. The lowest BCUT2D eigenvalue weighted by Gasteiger charge is -2.34. The third kappa shape index (κ3) is 5.65. The zero-order valence-electron chi connectivity index (χ0n) is 17.2. The number of methoxy groups -OCH3 is 3. The maximum atomic E-state index is 12.3. The molecule has 1 aromatic carbocycles. The van der Waals surface area contributed by atoms with Gasteiger partial charge in [0.1, 0.15) is 5.75 Å². The van der Waals surface area contributed by atoms with Crippen molar-refractivity contribution in [2.45, 2.75) is 20.3 Å². The fourth-order valence-electron chi connectivity index (χ4n) is 3.48. The van der Waals surface area contributed by atoms with E-state index in [1.807, 2.05) is 0 Å². The molecular formula is C21H29NO6. The highest BCUT2D eigenvalue weighted by Crippen LogP contribution is 2.35. The van der Waals surface area contributed by atoms with E-state index in [2.05, 4.69) is 13.8 Å². The molecule has 7 heteroatoms. The van der Waals surface area contributed by atoms with Gasteiger partial charge in [-0.3, -0.25) is 4.79 Å². The molecule has 0 aliphatic carbocycles. The maximum Gasteiger partial charge on any atom is 0.331 e. The molecule has 0 radical (unpaired) electrons. The van der Waals surface area contributed by atoms with Crippen molar-refractivity contribution in [2.24, 2.45) is 11.8 Å². The van der Waals surface area contributed by atoms with Crippen molar-refractivity contribution in [3.8, 4) is 17.2 Å². The lowest BCUT2D eigenvalue weighted by atomic mass is 9.92. The van der Waals surface area contributed by atoms with Gasteiger partial charge < -0.3 is 23.8 Å². The van der Waals surface area contributed by atoms with Gasteiger partial charge in [0.25, 0.3) is 5.91 Å². The molecule has 1 aliphatic heterocycles. The first kappa shape index (κ1) is 21.6. The van der Waals surface area contributed by atoms with E-state index in [1.165, 1.54) is 27.4 Å². The van der Waals surface area contributed by atoms with Crippen LogP contribution in [0, 0.1) is 11.8 Å². The Morgan fingerprint density at radius 1 is 1.00 bits per heavy atom. The van der Waals surface area contributed by atoms with Crippen molar-refractivity contribution >= 4 is 18.0 Å². The monoisotopic (exact) mass is 391 g/mol. The normalized spacial score (nSPS) is 19.4. The molecule has 0 bridgehead atoms. The molecule has 1 aliphatic rings. The molecule has 1 fully saturated rings. The fourth-order valence-corrected chi connectivity index (χ4v) is 3.48. The summed E-state index contributed by atoms with van der Waals surface area (Å²) in [5.74, 6) is 1.72. The Kier molecular flexibility index (Phi) is 7.72. The zero-order chi connectivity index (χ0) is 20.7. The highest BCUT2D eigenvalue weighted by atomic mass is 16.5. The predicted molar refractivity (Wildman–Crippen MR) is 106 cm³/mol. The minimum Gasteiger partial charge on any atom is -0.496 e. The van der Waals surface area contributed by atoms with Gasteiger partial charge in [0, 0.05) is 30.8 Å². The van der Waals surface area contributed by atoms with E-state index >= 15 is 0 Å². The second-order valence-electron chi connectivity index (χ2n) is 7.13. The summed E-state index contributed by atoms with van der Waals surface area (Å²) in [7, 11) is 4.58. The minimum absolute atomic E-state index is 0.163. The van der Waals surface area contributed by atoms with E-state index in [4.69, 9.17) is 18.9 Å². The van der Waals surface area contributed by atoms with Crippen molar-refractivity contribution in [3.05, 3.63) is 23.8 Å². The van der Waals surface area contributed by atoms with Gasteiger partial charge in [-0.25, -0.2) is 4.79 Å². The van der Waals surface area contributed by atoms with Crippen molar-refractivity contribution in [1.82, 2.24) is 4.90 Å². The largest absolute Gasteiger partial charge is 0.496 e. The molecule has 28 heavy (non-hydrogen) atoms. The molecule has 2 atom stereocenters. The topological polar surface area (TPSA) is 74.3 Å². The number of benzene rings is 1. The Balaban J connectivity index is 1.97. The number of piperidine rings is 1. The molecule has 0 spiro atoms. The summed E-state index contributed by atoms with van der Waals surface area (Å²) in [5, 5.41) is 0. The summed E-state index contributed by atoms with van der Waals surface area (Å²) >= 11 is 0. The summed E-state index contributed by atoms with van der Waals surface area (Å²) in [6.07, 6.45) is 3.93. The lowest BCUT2D eigenvalue weighted by Crippen LogP contribution is -2.44. The van der Waals surface area contributed by atoms with E-state index in [0.717, 1.165) is 6.42 Å². The molecule has 0 unspecified atom stereocenters. The Labute approximate surface area is 166 Å². The van der Waals surface area contributed by atoms with Crippen molar-refractivity contribution in [3.63, 3.8) is 0 Å². The van der Waals surface area contributed by atoms with Gasteiger partial charge in [0.05, 0.1) is 21.3 Å². The second-order valence-corrected chi connectivity index (χ2v) is 7.13. The van der Waals surface area contributed by atoms with Crippen molar-refractivity contribution in [1.29, 1.82) is 0 Å². The van der Waals surface area contributed by atoms with Crippen LogP contribution in [0.4, 0.5) is 0 Å². The van der Waals surface area contributed by atoms with Gasteiger partial charge in [-0.05, 0) is 30.4 Å². The Morgan fingerprint density at radius 3 is 2.14 bits per heavy atom. The summed E-state index contributed by atoms with van der Waals surface area (Å²) in [6.45, 7) is 5.41. The first-order valence-corrected chi connectivity index (χ1v) is 9.30. The lowest BCUT2D eigenvalue weighted by molar-refractivity contribution is -0.149. The van der Waals surface area contributed by atoms with Crippen LogP contribution in [0.25, 0.3) is 6.08 Å². The van der Waals surface area contributed by atoms with Gasteiger partial charge in [0.2, 0.25) is 0 Å². The predicted octanol–water partition coefficient (Wildman–Crippen LogP) is 2.77. The molecule has 0 N–H and O–H groups in total. The molecule has 154 valence electrons. The summed E-state index contributed by atoms with van der Waals surface area (Å²) in [4.78, 5) is 26.1. The Morgan fingerprint density at radius 2 is 1.57 bits per heavy atom. The molecule has 0 aromatic heterocycles. The van der Waals surface area contributed by atoms with Crippen LogP contribution in [0.15, 0.2) is 18.2 Å². The average Bonchev–Trinajstić information content (AvgIpc) is 2.68. The number of hydrogen-bond donors (Lipinski definition) is 0. The van der Waals surface area contributed by atoms with E-state index < -0.39 is 5.97 Å². The average molecular weight is 391 g/mol. The SMILES string of the molecule is COc1cc(OC)c(OC)cc1/C=C/C(=O)OCC(=O)N1C[C@H](C)C[C@@H](C)C1. The molecule has 1 aromatic rings. The van der Waals surface area contributed by atoms with E-state index in [9.17, 15) is 9.59 Å². The number of carbonyl (C=O) groups excluding carboxylic acids is 2. The third-order valence-corrected chi connectivity index (χ3v) is 4.69. The number of nitrogens with zero attached hydrogens (tertiary/aromatic N) is 1. The van der Waals surface area contributed by atoms with Gasteiger partial charge in [-0.2, -0.15) is 0 Å². The number of ether oxygens (including phenoxy) is 4. The molecular weight excluding hydrogens is 362 g/mol. The highest BCUT2D eigenvalue weighted by molar-refractivity contribution is 5.90. The van der Waals surface area contributed by atoms with Crippen LogP contribution in [0.3, 0.4) is 0 Å². The van der Waals surface area contributed by atoms with Gasteiger partial charge in [-0.15, -0.1) is 0 Å². The van der Waals surface area contributed by atoms with Crippen LogP contribution < -0.4 is 14.2 Å². The molecule has 7 nitrogen and oxygen atoms in total. The number of likely N-dealkylation sites (tertiary alicyclic amines) is 1. The van der Waals surface area contributed by atoms with Gasteiger partial charge >= 0.3 is 5.97 Å². The van der Waals surface area contributed by atoms with E-state index in [-0.39, 0.29) is 12.5 Å². The summed E-state index contributed by atoms with van der Waals surface area (Å²) in [5.41, 5.74) is 0.627. The van der Waals surface area contributed by atoms with Crippen LogP contribution in [0.2, 0.25) is 0 Å². The third-order valence-electron chi connectivity index (χ3n) is 4.69. The van der Waals surface area contributed by atoms with E-state index in [1.54, 1.807) is 23.1 Å². The van der Waals surface area contributed by atoms with Gasteiger partial charge in [0.15, 0.2) is 18.1 Å². The minimum atomic E-state index is -0.594. The Hall–Kier alpha value is -2.70.